The fourth-order valence-electron chi connectivity index (χ4n) is 3.06. The number of aliphatic hydroxyl groups is 1. The lowest BCUT2D eigenvalue weighted by Crippen LogP contribution is -2.57. The highest BCUT2D eigenvalue weighted by Crippen LogP contribution is 2.42. The minimum Gasteiger partial charge on any atom is -0.392 e. The molecule has 0 aliphatic heterocycles. The van der Waals surface area contributed by atoms with E-state index in [-0.39, 0.29) is 17.6 Å². The summed E-state index contributed by atoms with van der Waals surface area (Å²) in [6.07, 6.45) is 6.31. The van der Waals surface area contributed by atoms with Crippen molar-refractivity contribution in [2.24, 2.45) is 5.41 Å². The van der Waals surface area contributed by atoms with Crippen LogP contribution in [0.5, 0.6) is 0 Å². The zero-order valence-corrected chi connectivity index (χ0v) is 15.3. The molecule has 7 heteroatoms. The van der Waals surface area contributed by atoms with E-state index in [1.165, 1.54) is 11.8 Å². The number of aliphatic hydroxyl groups excluding tert-OH is 1. The summed E-state index contributed by atoms with van der Waals surface area (Å²) < 4.78 is 0. The third-order valence-corrected chi connectivity index (χ3v) is 5.25. The standard InChI is InChI=1S/C19H24N6O/c1-12-10-21-6-4-13(12)5-7-22-18-23-11-14(9-20)17(25-18)24-15-8-16(26)19(15,2)3/h4,6,10-11,15-16,26H,5,7-8H2,1-3H3,(H2,22,23,24,25)/t15-,16+/m1/s1. The molecule has 1 fully saturated rings. The van der Waals surface area contributed by atoms with Crippen LogP contribution in [0.2, 0.25) is 0 Å². The molecule has 3 rings (SSSR count). The molecular weight excluding hydrogens is 328 g/mol. The summed E-state index contributed by atoms with van der Waals surface area (Å²) in [5, 5.41) is 25.7. The van der Waals surface area contributed by atoms with Gasteiger partial charge in [0.15, 0.2) is 0 Å². The van der Waals surface area contributed by atoms with E-state index in [1.54, 1.807) is 6.20 Å². The van der Waals surface area contributed by atoms with Gasteiger partial charge in [-0.2, -0.15) is 10.2 Å². The van der Waals surface area contributed by atoms with Crippen molar-refractivity contribution in [2.45, 2.75) is 45.8 Å². The van der Waals surface area contributed by atoms with E-state index in [9.17, 15) is 10.4 Å². The number of pyridine rings is 1. The molecule has 1 saturated carbocycles. The van der Waals surface area contributed by atoms with Crippen LogP contribution in [0.15, 0.2) is 24.7 Å². The quantitative estimate of drug-likeness (QED) is 0.732. The van der Waals surface area contributed by atoms with Crippen LogP contribution in [0.1, 0.15) is 37.0 Å². The molecule has 2 heterocycles. The minimum atomic E-state index is -0.339. The van der Waals surface area contributed by atoms with Gasteiger partial charge in [0, 0.05) is 30.4 Å². The van der Waals surface area contributed by atoms with Crippen LogP contribution in [0.3, 0.4) is 0 Å². The van der Waals surface area contributed by atoms with Gasteiger partial charge in [0.25, 0.3) is 0 Å². The molecule has 0 aromatic carbocycles. The number of nitriles is 1. The van der Waals surface area contributed by atoms with Crippen molar-refractivity contribution in [3.8, 4) is 6.07 Å². The average molecular weight is 352 g/mol. The van der Waals surface area contributed by atoms with Crippen molar-refractivity contribution in [1.29, 1.82) is 5.26 Å². The number of nitrogens with one attached hydrogen (secondary N) is 2. The summed E-state index contributed by atoms with van der Waals surface area (Å²) in [5.41, 5.74) is 2.54. The van der Waals surface area contributed by atoms with E-state index in [1.807, 2.05) is 33.0 Å². The average Bonchev–Trinajstić information content (AvgIpc) is 2.63. The topological polar surface area (TPSA) is 107 Å². The maximum Gasteiger partial charge on any atom is 0.224 e. The fraction of sp³-hybridized carbons (Fsp3) is 0.474. The van der Waals surface area contributed by atoms with Gasteiger partial charge in [-0.25, -0.2) is 4.98 Å². The van der Waals surface area contributed by atoms with E-state index in [0.29, 0.717) is 30.3 Å². The summed E-state index contributed by atoms with van der Waals surface area (Å²) in [6.45, 7) is 6.73. The lowest BCUT2D eigenvalue weighted by atomic mass is 9.64. The summed E-state index contributed by atoms with van der Waals surface area (Å²) in [4.78, 5) is 12.8. The Labute approximate surface area is 153 Å². The summed E-state index contributed by atoms with van der Waals surface area (Å²) >= 11 is 0. The molecule has 7 nitrogen and oxygen atoms in total. The zero-order valence-electron chi connectivity index (χ0n) is 15.3. The van der Waals surface area contributed by atoms with Crippen molar-refractivity contribution in [1.82, 2.24) is 15.0 Å². The summed E-state index contributed by atoms with van der Waals surface area (Å²) in [7, 11) is 0. The molecule has 136 valence electrons. The molecule has 0 spiro atoms. The maximum atomic E-state index is 9.90. The number of anilines is 2. The molecule has 3 N–H and O–H groups in total. The Bertz CT molecular complexity index is 829. The molecule has 0 unspecified atom stereocenters. The molecule has 0 amide bonds. The van der Waals surface area contributed by atoms with Gasteiger partial charge in [-0.15, -0.1) is 0 Å². The van der Waals surface area contributed by atoms with E-state index in [4.69, 9.17) is 0 Å². The number of rotatable bonds is 6. The first-order valence-corrected chi connectivity index (χ1v) is 8.77. The van der Waals surface area contributed by atoms with Crippen molar-refractivity contribution >= 4 is 11.8 Å². The molecule has 0 radical (unpaired) electrons. The smallest absolute Gasteiger partial charge is 0.224 e. The number of nitrogens with zero attached hydrogens (tertiary/aromatic N) is 4. The zero-order chi connectivity index (χ0) is 18.7. The van der Waals surface area contributed by atoms with Crippen LogP contribution < -0.4 is 10.6 Å². The van der Waals surface area contributed by atoms with Crippen molar-refractivity contribution in [3.63, 3.8) is 0 Å². The largest absolute Gasteiger partial charge is 0.392 e. The summed E-state index contributed by atoms with van der Waals surface area (Å²) in [6, 6.07) is 4.20. The first-order valence-electron chi connectivity index (χ1n) is 8.77. The van der Waals surface area contributed by atoms with E-state index >= 15 is 0 Å². The van der Waals surface area contributed by atoms with Gasteiger partial charge in [-0.1, -0.05) is 13.8 Å². The number of aryl methyl sites for hydroxylation is 1. The Hall–Kier alpha value is -2.72. The van der Waals surface area contributed by atoms with E-state index in [0.717, 1.165) is 12.0 Å². The SMILES string of the molecule is Cc1cnccc1CCNc1ncc(C#N)c(N[C@@H]2C[C@H](O)C2(C)C)n1. The second kappa shape index (κ2) is 7.26. The monoisotopic (exact) mass is 352 g/mol. The predicted molar refractivity (Wildman–Crippen MR) is 99.7 cm³/mol. The lowest BCUT2D eigenvalue weighted by molar-refractivity contribution is -0.0511. The van der Waals surface area contributed by atoms with Crippen molar-refractivity contribution in [3.05, 3.63) is 41.3 Å². The molecule has 0 bridgehead atoms. The highest BCUT2D eigenvalue weighted by atomic mass is 16.3. The predicted octanol–water partition coefficient (Wildman–Crippen LogP) is 2.28. The van der Waals surface area contributed by atoms with Gasteiger partial charge >= 0.3 is 0 Å². The molecule has 2 atom stereocenters. The Kier molecular flexibility index (Phi) is 5.05. The van der Waals surface area contributed by atoms with Crippen LogP contribution in [-0.4, -0.2) is 38.7 Å². The first-order chi connectivity index (χ1) is 12.4. The van der Waals surface area contributed by atoms with Crippen LogP contribution in [0.4, 0.5) is 11.8 Å². The van der Waals surface area contributed by atoms with Crippen LogP contribution in [-0.2, 0) is 6.42 Å². The molecular formula is C19H24N6O. The Morgan fingerprint density at radius 2 is 2.19 bits per heavy atom. The number of aromatic nitrogens is 3. The normalized spacial score (nSPS) is 20.7. The van der Waals surface area contributed by atoms with Gasteiger partial charge in [0.2, 0.25) is 5.95 Å². The third kappa shape index (κ3) is 3.60. The summed E-state index contributed by atoms with van der Waals surface area (Å²) in [5.74, 6) is 0.992. The van der Waals surface area contributed by atoms with Crippen LogP contribution in [0.25, 0.3) is 0 Å². The highest BCUT2D eigenvalue weighted by molar-refractivity contribution is 5.54. The van der Waals surface area contributed by atoms with Crippen LogP contribution in [0, 0.1) is 23.7 Å². The molecule has 2 aromatic heterocycles. The molecule has 1 aliphatic rings. The number of hydrogen-bond acceptors (Lipinski definition) is 7. The molecule has 2 aromatic rings. The third-order valence-electron chi connectivity index (χ3n) is 5.25. The van der Waals surface area contributed by atoms with Crippen LogP contribution >= 0.6 is 0 Å². The molecule has 1 aliphatic carbocycles. The first kappa shape index (κ1) is 18.1. The second-order valence-electron chi connectivity index (χ2n) is 7.32. The Morgan fingerprint density at radius 1 is 1.38 bits per heavy atom. The van der Waals surface area contributed by atoms with Crippen molar-refractivity contribution in [2.75, 3.05) is 17.2 Å². The van der Waals surface area contributed by atoms with E-state index < -0.39 is 0 Å². The van der Waals surface area contributed by atoms with Gasteiger partial charge in [-0.05, 0) is 37.0 Å². The maximum absolute atomic E-state index is 9.90. The Morgan fingerprint density at radius 3 is 2.85 bits per heavy atom. The van der Waals surface area contributed by atoms with Gasteiger partial charge in [0.05, 0.1) is 12.3 Å². The molecule has 26 heavy (non-hydrogen) atoms. The van der Waals surface area contributed by atoms with Gasteiger partial charge in [0.1, 0.15) is 17.5 Å². The van der Waals surface area contributed by atoms with E-state index in [2.05, 4.69) is 31.7 Å². The number of hydrogen-bond donors (Lipinski definition) is 3. The lowest BCUT2D eigenvalue weighted by Gasteiger charge is -2.49. The Balaban J connectivity index is 1.66. The van der Waals surface area contributed by atoms with Crippen molar-refractivity contribution < 1.29 is 5.11 Å². The second-order valence-corrected chi connectivity index (χ2v) is 7.32. The van der Waals surface area contributed by atoms with Gasteiger partial charge in [-0.3, -0.25) is 4.98 Å². The molecule has 0 saturated heterocycles. The highest BCUT2D eigenvalue weighted by Gasteiger charge is 2.47. The van der Waals surface area contributed by atoms with Gasteiger partial charge < -0.3 is 15.7 Å². The fourth-order valence-corrected chi connectivity index (χ4v) is 3.06. The minimum absolute atomic E-state index is 0.0758.